The topological polar surface area (TPSA) is 40.7 Å². The van der Waals surface area contributed by atoms with Crippen LogP contribution < -0.4 is 5.32 Å². The Balaban J connectivity index is 0. The summed E-state index contributed by atoms with van der Waals surface area (Å²) in [4.78, 5) is 0. The molecule has 0 aromatic carbocycles. The van der Waals surface area contributed by atoms with E-state index in [9.17, 15) is 13.2 Å². The van der Waals surface area contributed by atoms with E-state index in [4.69, 9.17) is 0 Å². The average molecular weight is 384 g/mol. The van der Waals surface area contributed by atoms with Crippen molar-refractivity contribution in [2.45, 2.75) is 38.4 Å². The van der Waals surface area contributed by atoms with Crippen LogP contribution in [0.2, 0.25) is 0 Å². The molecule has 3 nitrogen and oxygen atoms in total. The maximum absolute atomic E-state index is 12.5. The lowest BCUT2D eigenvalue weighted by Crippen LogP contribution is -2.22. The van der Waals surface area contributed by atoms with Crippen LogP contribution in [0.3, 0.4) is 0 Å². The minimum absolute atomic E-state index is 0. The van der Waals surface area contributed by atoms with Gasteiger partial charge in [0.2, 0.25) is 0 Å². The zero-order chi connectivity index (χ0) is 20.1. The molecule has 0 saturated carbocycles. The number of aromatic amines is 1. The summed E-state index contributed by atoms with van der Waals surface area (Å²) in [6.45, 7) is 10.0. The molecule has 0 aliphatic heterocycles. The van der Waals surface area contributed by atoms with Gasteiger partial charge in [0.1, 0.15) is 0 Å². The van der Waals surface area contributed by atoms with E-state index in [2.05, 4.69) is 35.6 Å². The standard InChI is InChI=1S/C21H28F3N3.2H2/c1-4-17(13-14-25-20(6-3)18-15-26-27-16-18)11-9-7-8-10-12-19(5-2)21(22,23)24;;/h5-10,12,15-17,20,25H,2-4,11,13-14H2,1H3,(H,26,27);2*1H/b9-7+,10-8+,19-12+;;. The lowest BCUT2D eigenvalue weighted by atomic mass is 9.98. The van der Waals surface area contributed by atoms with Crippen molar-refractivity contribution in [2.75, 3.05) is 6.54 Å². The van der Waals surface area contributed by atoms with Gasteiger partial charge < -0.3 is 5.32 Å². The van der Waals surface area contributed by atoms with Crippen LogP contribution in [0.4, 0.5) is 13.2 Å². The summed E-state index contributed by atoms with van der Waals surface area (Å²) in [5.41, 5.74) is 0.299. The van der Waals surface area contributed by atoms with Crippen molar-refractivity contribution in [3.63, 3.8) is 0 Å². The van der Waals surface area contributed by atoms with Crippen molar-refractivity contribution in [1.82, 2.24) is 15.5 Å². The fourth-order valence-corrected chi connectivity index (χ4v) is 2.55. The van der Waals surface area contributed by atoms with Crippen molar-refractivity contribution < 1.29 is 16.0 Å². The van der Waals surface area contributed by atoms with E-state index in [1.165, 1.54) is 6.08 Å². The minimum atomic E-state index is -4.37. The number of hydrogen-bond donors (Lipinski definition) is 2. The van der Waals surface area contributed by atoms with E-state index >= 15 is 0 Å². The third kappa shape index (κ3) is 8.73. The average Bonchev–Trinajstić information content (AvgIpc) is 3.16. The molecule has 1 rings (SSSR count). The quantitative estimate of drug-likeness (QED) is 0.328. The number of nitrogens with zero attached hydrogens (tertiary/aromatic N) is 1. The number of aromatic nitrogens is 2. The molecule has 0 bridgehead atoms. The van der Waals surface area contributed by atoms with Gasteiger partial charge >= 0.3 is 6.18 Å². The molecule has 27 heavy (non-hydrogen) atoms. The van der Waals surface area contributed by atoms with Crippen LogP contribution in [0.1, 0.15) is 40.6 Å². The molecule has 2 N–H and O–H groups in total. The molecular formula is C21H32F3N3. The lowest BCUT2D eigenvalue weighted by molar-refractivity contribution is -0.0881. The molecule has 2 unspecified atom stereocenters. The Morgan fingerprint density at radius 1 is 1.33 bits per heavy atom. The van der Waals surface area contributed by atoms with Gasteiger partial charge in [-0.3, -0.25) is 5.10 Å². The number of rotatable bonds is 12. The van der Waals surface area contributed by atoms with Gasteiger partial charge in [0, 0.05) is 14.6 Å². The maximum Gasteiger partial charge on any atom is 0.416 e. The van der Waals surface area contributed by atoms with Crippen LogP contribution in [0.5, 0.6) is 0 Å². The summed E-state index contributed by atoms with van der Waals surface area (Å²) in [5.74, 6) is 0.506. The molecule has 1 aromatic rings. The minimum Gasteiger partial charge on any atom is -0.307 e. The third-order valence-electron chi connectivity index (χ3n) is 4.26. The number of allylic oxidation sites excluding steroid dienone is 7. The largest absolute Gasteiger partial charge is 0.416 e. The Bertz CT molecular complexity index is 651. The van der Waals surface area contributed by atoms with Gasteiger partial charge in [-0.2, -0.15) is 18.3 Å². The van der Waals surface area contributed by atoms with E-state index in [1.807, 2.05) is 18.3 Å². The number of H-pyrrole nitrogens is 1. The maximum atomic E-state index is 12.5. The van der Waals surface area contributed by atoms with Gasteiger partial charge in [0.25, 0.3) is 0 Å². The zero-order valence-electron chi connectivity index (χ0n) is 15.7. The van der Waals surface area contributed by atoms with E-state index in [0.29, 0.717) is 5.92 Å². The molecule has 0 radical (unpaired) electrons. The van der Waals surface area contributed by atoms with Crippen LogP contribution in [0.25, 0.3) is 0 Å². The second-order valence-electron chi connectivity index (χ2n) is 6.13. The van der Waals surface area contributed by atoms with Gasteiger partial charge in [-0.25, -0.2) is 0 Å². The number of nitrogens with one attached hydrogen (secondary N) is 2. The third-order valence-corrected chi connectivity index (χ3v) is 4.26. The first-order chi connectivity index (χ1) is 12.9. The highest BCUT2D eigenvalue weighted by Gasteiger charge is 2.30. The van der Waals surface area contributed by atoms with Crippen molar-refractivity contribution in [1.29, 1.82) is 0 Å². The predicted octanol–water partition coefficient (Wildman–Crippen LogP) is 6.31. The highest BCUT2D eigenvalue weighted by atomic mass is 19.4. The first-order valence-electron chi connectivity index (χ1n) is 9.00. The van der Waals surface area contributed by atoms with Crippen LogP contribution >= 0.6 is 0 Å². The van der Waals surface area contributed by atoms with E-state index in [1.54, 1.807) is 18.3 Å². The molecular weight excluding hydrogens is 351 g/mol. The van der Waals surface area contributed by atoms with Crippen molar-refractivity contribution in [3.8, 4) is 0 Å². The van der Waals surface area contributed by atoms with Gasteiger partial charge in [-0.05, 0) is 25.3 Å². The molecule has 0 amide bonds. The normalized spacial score (nSPS) is 15.3. The molecule has 1 aromatic heterocycles. The summed E-state index contributed by atoms with van der Waals surface area (Å²) in [5, 5.41) is 10.2. The fourth-order valence-electron chi connectivity index (χ4n) is 2.55. The Kier molecular flexibility index (Phi) is 10.2. The SMILES string of the molecule is C=C\C(=C/C=C/C=C/CC(CC)CCNC(C=C)c1cn[nH]c1)C(F)(F)F.[HH].[HH]. The van der Waals surface area contributed by atoms with E-state index in [-0.39, 0.29) is 8.90 Å². The first kappa shape index (κ1) is 22.7. The molecule has 6 heteroatoms. The van der Waals surface area contributed by atoms with Crippen molar-refractivity contribution in [2.24, 2.45) is 5.92 Å². The molecule has 0 fully saturated rings. The van der Waals surface area contributed by atoms with Gasteiger partial charge in [0.05, 0.1) is 17.8 Å². The Labute approximate surface area is 162 Å². The summed E-state index contributed by atoms with van der Waals surface area (Å²) in [6, 6.07) is 0.0687. The predicted molar refractivity (Wildman–Crippen MR) is 109 cm³/mol. The van der Waals surface area contributed by atoms with Gasteiger partial charge in [0.15, 0.2) is 0 Å². The Morgan fingerprint density at radius 3 is 2.67 bits per heavy atom. The molecule has 1 heterocycles. The summed E-state index contributed by atoms with van der Waals surface area (Å²) < 4.78 is 37.6. The highest BCUT2D eigenvalue weighted by molar-refractivity contribution is 5.27. The lowest BCUT2D eigenvalue weighted by Gasteiger charge is -2.16. The number of halogens is 3. The number of hydrogen-bond acceptors (Lipinski definition) is 2. The van der Waals surface area contributed by atoms with Crippen LogP contribution in [-0.4, -0.2) is 22.9 Å². The van der Waals surface area contributed by atoms with Crippen LogP contribution in [-0.2, 0) is 0 Å². The Hall–Kier alpha value is -2.34. The van der Waals surface area contributed by atoms with E-state index < -0.39 is 11.7 Å². The van der Waals surface area contributed by atoms with Gasteiger partial charge in [-0.15, -0.1) is 6.58 Å². The highest BCUT2D eigenvalue weighted by Crippen LogP contribution is 2.26. The van der Waals surface area contributed by atoms with Crippen LogP contribution in [0.15, 0.2) is 73.7 Å². The van der Waals surface area contributed by atoms with Gasteiger partial charge in [-0.1, -0.05) is 62.5 Å². The van der Waals surface area contributed by atoms with Crippen molar-refractivity contribution >= 4 is 0 Å². The molecule has 2 atom stereocenters. The zero-order valence-corrected chi connectivity index (χ0v) is 15.7. The molecule has 152 valence electrons. The second kappa shape index (κ2) is 12.1. The molecule has 0 spiro atoms. The monoisotopic (exact) mass is 383 g/mol. The fraction of sp³-hybridized carbons (Fsp3) is 0.381. The summed E-state index contributed by atoms with van der Waals surface area (Å²) in [6.07, 6.45) is 12.6. The summed E-state index contributed by atoms with van der Waals surface area (Å²) >= 11 is 0. The van der Waals surface area contributed by atoms with Crippen molar-refractivity contribution in [3.05, 3.63) is 79.2 Å². The van der Waals surface area contributed by atoms with Crippen LogP contribution in [0, 0.1) is 5.92 Å². The molecule has 0 saturated heterocycles. The van der Waals surface area contributed by atoms with E-state index in [0.717, 1.165) is 43.5 Å². The number of alkyl halides is 3. The second-order valence-corrected chi connectivity index (χ2v) is 6.13. The molecule has 0 aliphatic rings. The summed E-state index contributed by atoms with van der Waals surface area (Å²) in [7, 11) is 0. The molecule has 0 aliphatic carbocycles. The Morgan fingerprint density at radius 2 is 2.11 bits per heavy atom. The first-order valence-corrected chi connectivity index (χ1v) is 9.00. The smallest absolute Gasteiger partial charge is 0.307 e.